The molecule has 0 heterocycles. The zero-order valence-electron chi connectivity index (χ0n) is 3.32. The van der Waals surface area contributed by atoms with Gasteiger partial charge in [0.15, 0.2) is 9.47 Å². The van der Waals surface area contributed by atoms with Gasteiger partial charge in [-0.3, -0.25) is 0 Å². The Morgan fingerprint density at radius 2 is 2.20 bits per heavy atom. The highest BCUT2D eigenvalue weighted by atomic mass is 31.0. The van der Waals surface area contributed by atoms with Crippen molar-refractivity contribution in [3.8, 4) is 0 Å². The lowest BCUT2D eigenvalue weighted by molar-refractivity contribution is 0.503. The number of rotatable bonds is 1. The molecule has 5 heavy (non-hydrogen) atoms. The van der Waals surface area contributed by atoms with E-state index in [0.29, 0.717) is 0 Å². The maximum Gasteiger partial charge on any atom is 0.152 e. The summed E-state index contributed by atoms with van der Waals surface area (Å²) in [5.74, 6) is 0.767. The van der Waals surface area contributed by atoms with Gasteiger partial charge < -0.3 is 4.52 Å². The Kier molecular flexibility index (Phi) is 2.21. The molecule has 0 aliphatic heterocycles. The van der Waals surface area contributed by atoms with Gasteiger partial charge in [-0.2, -0.15) is 0 Å². The molecule has 0 spiro atoms. The predicted octanol–water partition coefficient (Wildman–Crippen LogP) is 1.06. The monoisotopic (exact) mass is 91.0 g/mol. The molecule has 2 heteroatoms. The van der Waals surface area contributed by atoms with Crippen LogP contribution in [-0.4, -0.2) is 0 Å². The quantitative estimate of drug-likeness (QED) is 0.346. The molecule has 0 aromatic rings. The fourth-order valence-electron chi connectivity index (χ4n) is 0. The van der Waals surface area contributed by atoms with Crippen molar-refractivity contribution in [3.63, 3.8) is 0 Å². The fourth-order valence-corrected chi connectivity index (χ4v) is 0. The van der Waals surface area contributed by atoms with Crippen molar-refractivity contribution in [2.75, 3.05) is 0 Å². The van der Waals surface area contributed by atoms with Crippen molar-refractivity contribution in [2.45, 2.75) is 6.92 Å². The normalized spacial score (nSPS) is 7.40. The summed E-state index contributed by atoms with van der Waals surface area (Å²) < 4.78 is 4.58. The second-order valence-electron chi connectivity index (χ2n) is 0.846. The Balaban J connectivity index is 2.85. The Morgan fingerprint density at radius 3 is 2.20 bits per heavy atom. The SMILES string of the molecule is C=C(C)O[PH3+]. The third-order valence-corrected chi connectivity index (χ3v) is 0.739. The minimum atomic E-state index is 0.767. The number of hydrogen-bond acceptors (Lipinski definition) is 1. The van der Waals surface area contributed by atoms with E-state index in [9.17, 15) is 0 Å². The summed E-state index contributed by atoms with van der Waals surface area (Å²) >= 11 is 0. The van der Waals surface area contributed by atoms with E-state index in [-0.39, 0.29) is 0 Å². The van der Waals surface area contributed by atoms with E-state index in [2.05, 4.69) is 11.1 Å². The van der Waals surface area contributed by atoms with Gasteiger partial charge in [-0.25, -0.2) is 0 Å². The fraction of sp³-hybridized carbons (Fsp3) is 0.333. The summed E-state index contributed by atoms with van der Waals surface area (Å²) in [5.41, 5.74) is 0. The first kappa shape index (κ1) is 4.97. The third-order valence-electron chi connectivity index (χ3n) is 0.246. The largest absolute Gasteiger partial charge is 0.363 e. The van der Waals surface area contributed by atoms with Gasteiger partial charge in [0.05, 0.1) is 0 Å². The molecular formula is C3H8OP+. The third kappa shape index (κ3) is 3.97. The van der Waals surface area contributed by atoms with Crippen LogP contribution in [0.5, 0.6) is 0 Å². The lowest BCUT2D eigenvalue weighted by atomic mass is 10.7. The molecule has 0 amide bonds. The van der Waals surface area contributed by atoms with E-state index in [1.165, 1.54) is 9.47 Å². The summed E-state index contributed by atoms with van der Waals surface area (Å²) in [5, 5.41) is 0. The molecular weight excluding hydrogens is 83.0 g/mol. The summed E-state index contributed by atoms with van der Waals surface area (Å²) in [6.45, 7) is 5.27. The molecule has 1 nitrogen and oxygen atoms in total. The molecule has 0 rings (SSSR count). The number of hydrogen-bond donors (Lipinski definition) is 0. The molecule has 30 valence electrons. The van der Waals surface area contributed by atoms with Gasteiger partial charge in [0.2, 0.25) is 0 Å². The maximum atomic E-state index is 4.58. The van der Waals surface area contributed by atoms with Crippen LogP contribution in [0.3, 0.4) is 0 Å². The lowest BCUT2D eigenvalue weighted by Gasteiger charge is -1.79. The Labute approximate surface area is 34.3 Å². The van der Waals surface area contributed by atoms with Crippen LogP contribution in [0.25, 0.3) is 0 Å². The maximum absolute atomic E-state index is 4.58. The van der Waals surface area contributed by atoms with Crippen molar-refractivity contribution in [1.29, 1.82) is 0 Å². The molecule has 0 radical (unpaired) electrons. The molecule has 0 N–H and O–H groups in total. The predicted molar refractivity (Wildman–Crippen MR) is 27.0 cm³/mol. The van der Waals surface area contributed by atoms with E-state index in [1.54, 1.807) is 0 Å². The Morgan fingerprint density at radius 1 is 2.00 bits per heavy atom. The van der Waals surface area contributed by atoms with E-state index in [0.717, 1.165) is 5.76 Å². The highest BCUT2D eigenvalue weighted by Crippen LogP contribution is 1.93. The van der Waals surface area contributed by atoms with E-state index < -0.39 is 0 Å². The zero-order chi connectivity index (χ0) is 4.28. The zero-order valence-corrected chi connectivity index (χ0v) is 4.74. The smallest absolute Gasteiger partial charge is 0.152 e. The van der Waals surface area contributed by atoms with Crippen molar-refractivity contribution >= 4 is 9.47 Å². The highest BCUT2D eigenvalue weighted by Gasteiger charge is 1.71. The standard InChI is InChI=1S/C3H8OP/c1-3(2)4-5/h1H2,2,5H3/q+1. The Hall–Kier alpha value is -0.0300. The van der Waals surface area contributed by atoms with Crippen molar-refractivity contribution in [3.05, 3.63) is 12.3 Å². The van der Waals surface area contributed by atoms with Gasteiger partial charge in [0.1, 0.15) is 5.76 Å². The average molecular weight is 91.1 g/mol. The molecule has 0 bridgehead atoms. The summed E-state index contributed by atoms with van der Waals surface area (Å²) in [6, 6.07) is 0. The van der Waals surface area contributed by atoms with Gasteiger partial charge in [0, 0.05) is 0 Å². The molecule has 0 saturated heterocycles. The van der Waals surface area contributed by atoms with Crippen molar-refractivity contribution in [2.24, 2.45) is 0 Å². The van der Waals surface area contributed by atoms with Gasteiger partial charge in [0.25, 0.3) is 0 Å². The minimum absolute atomic E-state index is 0.767. The lowest BCUT2D eigenvalue weighted by Crippen LogP contribution is -1.60. The van der Waals surface area contributed by atoms with E-state index in [1.807, 2.05) is 6.92 Å². The van der Waals surface area contributed by atoms with Gasteiger partial charge >= 0.3 is 0 Å². The molecule has 0 aliphatic rings. The summed E-state index contributed by atoms with van der Waals surface area (Å²) in [7, 11) is 1.43. The van der Waals surface area contributed by atoms with Crippen LogP contribution >= 0.6 is 9.47 Å². The molecule has 1 unspecified atom stereocenters. The van der Waals surface area contributed by atoms with Crippen LogP contribution in [0, 0.1) is 0 Å². The minimum Gasteiger partial charge on any atom is -0.363 e. The van der Waals surface area contributed by atoms with E-state index in [4.69, 9.17) is 0 Å². The molecule has 0 aliphatic carbocycles. The van der Waals surface area contributed by atoms with Crippen LogP contribution < -0.4 is 0 Å². The first-order chi connectivity index (χ1) is 2.27. The van der Waals surface area contributed by atoms with E-state index >= 15 is 0 Å². The average Bonchev–Trinajstić information content (AvgIpc) is 1.38. The highest BCUT2D eigenvalue weighted by molar-refractivity contribution is 7.10. The molecule has 1 atom stereocenters. The van der Waals surface area contributed by atoms with Crippen LogP contribution in [0.1, 0.15) is 6.92 Å². The van der Waals surface area contributed by atoms with Gasteiger partial charge in [-0.1, -0.05) is 6.58 Å². The molecule has 0 saturated carbocycles. The topological polar surface area (TPSA) is 9.23 Å². The molecule has 0 aromatic carbocycles. The van der Waals surface area contributed by atoms with Crippen LogP contribution in [0.15, 0.2) is 12.3 Å². The van der Waals surface area contributed by atoms with Crippen molar-refractivity contribution in [1.82, 2.24) is 0 Å². The van der Waals surface area contributed by atoms with Crippen LogP contribution in [0.4, 0.5) is 0 Å². The summed E-state index contributed by atoms with van der Waals surface area (Å²) in [6.07, 6.45) is 0. The van der Waals surface area contributed by atoms with Crippen LogP contribution in [0.2, 0.25) is 0 Å². The second-order valence-corrected chi connectivity index (χ2v) is 1.14. The summed E-state index contributed by atoms with van der Waals surface area (Å²) in [4.78, 5) is 0. The number of allylic oxidation sites excluding steroid dienone is 1. The first-order valence-corrected chi connectivity index (χ1v) is 1.92. The Bertz CT molecular complexity index is 42.2. The first-order valence-electron chi connectivity index (χ1n) is 1.35. The molecule has 0 aromatic heterocycles. The van der Waals surface area contributed by atoms with Crippen molar-refractivity contribution < 1.29 is 4.52 Å². The van der Waals surface area contributed by atoms with Gasteiger partial charge in [-0.05, 0) is 6.92 Å². The second kappa shape index (κ2) is 2.22. The van der Waals surface area contributed by atoms with Gasteiger partial charge in [-0.15, -0.1) is 0 Å². The van der Waals surface area contributed by atoms with Crippen LogP contribution in [-0.2, 0) is 4.52 Å². The molecule has 0 fully saturated rings.